The van der Waals surface area contributed by atoms with Crippen LogP contribution in [-0.2, 0) is 40.2 Å². The molecule has 20 nitrogen and oxygen atoms in total. The Kier molecular flexibility index (Phi) is 84.2. The summed E-state index contributed by atoms with van der Waals surface area (Å²) in [4.78, 5) is 35.6. The van der Waals surface area contributed by atoms with E-state index in [2.05, 4.69) is 13.8 Å². The van der Waals surface area contributed by atoms with Gasteiger partial charge in [0.15, 0.2) is 5.91 Å². The van der Waals surface area contributed by atoms with Crippen LogP contribution in [0.4, 0.5) is 0 Å². The number of rotatable bonds is 21. The first-order valence-corrected chi connectivity index (χ1v) is 24.4. The third-order valence-corrected chi connectivity index (χ3v) is 15.0. The minimum atomic E-state index is -3.76. The molecule has 0 aromatic heterocycles. The van der Waals surface area contributed by atoms with E-state index in [1.54, 1.807) is 42.7 Å². The lowest BCUT2D eigenvalue weighted by Gasteiger charge is -2.23. The largest absolute Gasteiger partial charge is 0.500 e. The van der Waals surface area contributed by atoms with E-state index in [1.165, 1.54) is 20.6 Å². The molecule has 0 aliphatic rings. The van der Waals surface area contributed by atoms with Crippen molar-refractivity contribution in [1.82, 2.24) is 0 Å². The molecule has 0 saturated heterocycles. The molecule has 0 fully saturated rings. The second kappa shape index (κ2) is 60.0. The van der Waals surface area contributed by atoms with Gasteiger partial charge in [-0.1, -0.05) is 20.3 Å². The second-order valence-electron chi connectivity index (χ2n) is 8.98. The Labute approximate surface area is 320 Å². The SMILES string of the molecule is CCC.CO.CO.CO.CO.CO[Si](C=O)(CCCN)OC.CO[Si](CCCN)(OC)OC.CO[Si](CCCN)(OC)OC.NCCC[Si](O)(O)O. The number of carbonyl (C=O) groups is 1. The van der Waals surface area contributed by atoms with Crippen LogP contribution in [0.2, 0.25) is 24.2 Å². The highest BCUT2D eigenvalue weighted by molar-refractivity contribution is 6.91. The maximum absolute atomic E-state index is 10.6. The third-order valence-electron chi connectivity index (χ3n) is 5.56. The van der Waals surface area contributed by atoms with Crippen LogP contribution in [0.25, 0.3) is 0 Å². The monoisotopic (exact) mass is 844 g/mol. The summed E-state index contributed by atoms with van der Waals surface area (Å²) in [6.45, 7) is 6.49. The fraction of sp³-hybridized carbons (Fsp3) is 0.964. The highest BCUT2D eigenvalue weighted by atomic mass is 28.4. The number of aliphatic hydroxyl groups is 4. The number of nitrogens with two attached hydrogens (primary N) is 4. The number of hydrogen-bond donors (Lipinski definition) is 11. The molecule has 0 unspecified atom stereocenters. The van der Waals surface area contributed by atoms with Crippen molar-refractivity contribution in [2.75, 3.05) is 111 Å². The highest BCUT2D eigenvalue weighted by Crippen LogP contribution is 2.14. The number of carbonyl (C=O) groups excluding carboxylic acids is 1. The fourth-order valence-electron chi connectivity index (χ4n) is 2.88. The molecule has 0 bridgehead atoms. The molecular weight excluding hydrogens is 761 g/mol. The van der Waals surface area contributed by atoms with Gasteiger partial charge in [-0.15, -0.1) is 0 Å². The third kappa shape index (κ3) is 54.1. The van der Waals surface area contributed by atoms with Crippen LogP contribution in [-0.4, -0.2) is 187 Å². The van der Waals surface area contributed by atoms with Crippen molar-refractivity contribution in [1.29, 1.82) is 0 Å². The lowest BCUT2D eigenvalue weighted by Crippen LogP contribution is -2.42. The van der Waals surface area contributed by atoms with Crippen molar-refractivity contribution < 1.29 is 75.0 Å². The molecule has 0 atom stereocenters. The van der Waals surface area contributed by atoms with Gasteiger partial charge in [-0.25, -0.2) is 0 Å². The minimum Gasteiger partial charge on any atom is -0.400 e. The Morgan fingerprint density at radius 3 is 0.788 bits per heavy atom. The Bertz CT molecular complexity index is 548. The van der Waals surface area contributed by atoms with Crippen molar-refractivity contribution in [2.45, 2.75) is 70.1 Å². The van der Waals surface area contributed by atoms with Crippen LogP contribution in [0.3, 0.4) is 0 Å². The van der Waals surface area contributed by atoms with Crippen LogP contribution in [0, 0.1) is 0 Å². The summed E-state index contributed by atoms with van der Waals surface area (Å²) in [6, 6.07) is 2.25. The summed E-state index contributed by atoms with van der Waals surface area (Å²) in [5, 5.41) is 28.0. The molecular formula is C28H84N4O16Si4. The van der Waals surface area contributed by atoms with Crippen molar-refractivity contribution >= 4 is 40.9 Å². The first kappa shape index (κ1) is 73.0. The van der Waals surface area contributed by atoms with E-state index >= 15 is 0 Å². The number of aliphatic hydroxyl groups excluding tert-OH is 4. The van der Waals surface area contributed by atoms with E-state index in [4.69, 9.17) is 93.2 Å². The summed E-state index contributed by atoms with van der Waals surface area (Å²) in [7, 11) is 5.75. The zero-order chi connectivity index (χ0) is 43.6. The van der Waals surface area contributed by atoms with Gasteiger partial charge in [0.1, 0.15) is 0 Å². The van der Waals surface area contributed by atoms with Gasteiger partial charge >= 0.3 is 35.0 Å². The average molecular weight is 845 g/mol. The molecule has 0 saturated carbocycles. The van der Waals surface area contributed by atoms with Gasteiger partial charge in [0.25, 0.3) is 0 Å². The summed E-state index contributed by atoms with van der Waals surface area (Å²) >= 11 is 0. The normalized spacial score (nSPS) is 10.2. The van der Waals surface area contributed by atoms with E-state index in [9.17, 15) is 4.79 Å². The van der Waals surface area contributed by atoms with Crippen molar-refractivity contribution in [3.63, 3.8) is 0 Å². The molecule has 0 spiro atoms. The highest BCUT2D eigenvalue weighted by Gasteiger charge is 2.37. The van der Waals surface area contributed by atoms with Gasteiger partial charge in [0.05, 0.1) is 0 Å². The van der Waals surface area contributed by atoms with Crippen LogP contribution < -0.4 is 22.9 Å². The van der Waals surface area contributed by atoms with Gasteiger partial charge in [-0.05, 0) is 57.9 Å². The lowest BCUT2D eigenvalue weighted by molar-refractivity contribution is 0.122. The van der Waals surface area contributed by atoms with E-state index in [1.807, 2.05) is 0 Å². The molecule has 15 N–H and O–H groups in total. The summed E-state index contributed by atoms with van der Waals surface area (Å²) in [6.07, 6.45) is 4.24. The van der Waals surface area contributed by atoms with Crippen LogP contribution in [0.5, 0.6) is 0 Å². The minimum absolute atomic E-state index is 0.0451. The predicted molar refractivity (Wildman–Crippen MR) is 215 cm³/mol. The maximum Gasteiger partial charge on any atom is 0.500 e. The summed E-state index contributed by atoms with van der Waals surface area (Å²) in [5.74, 6) is 0.794. The molecule has 0 aromatic rings. The fourth-order valence-corrected chi connectivity index (χ4v) is 8.64. The topological polar surface area (TPSA) is 337 Å². The zero-order valence-corrected chi connectivity index (χ0v) is 38.9. The maximum atomic E-state index is 10.6. The van der Waals surface area contributed by atoms with Gasteiger partial charge in [0.2, 0.25) is 0 Å². The average Bonchev–Trinajstić information content (AvgIpc) is 3.20. The first-order valence-electron chi connectivity index (χ1n) is 16.3. The van der Waals surface area contributed by atoms with Gasteiger partial charge in [-0.2, -0.15) is 0 Å². The molecule has 0 aromatic carbocycles. The molecule has 0 aliphatic carbocycles. The Morgan fingerprint density at radius 1 is 0.442 bits per heavy atom. The van der Waals surface area contributed by atoms with Gasteiger partial charge in [0, 0.05) is 103 Å². The molecule has 328 valence electrons. The number of hydrogen-bond acceptors (Lipinski definition) is 20. The molecule has 0 heterocycles. The first-order chi connectivity index (χ1) is 24.7. The second-order valence-corrected chi connectivity index (χ2v) is 20.4. The van der Waals surface area contributed by atoms with Crippen LogP contribution in [0.15, 0.2) is 0 Å². The van der Waals surface area contributed by atoms with Crippen molar-refractivity contribution in [3.05, 3.63) is 0 Å². The van der Waals surface area contributed by atoms with Crippen molar-refractivity contribution in [2.24, 2.45) is 22.9 Å². The van der Waals surface area contributed by atoms with Crippen molar-refractivity contribution in [3.8, 4) is 0 Å². The Hall–Kier alpha value is -0.222. The molecule has 0 rings (SSSR count). The molecule has 52 heavy (non-hydrogen) atoms. The van der Waals surface area contributed by atoms with E-state index in [0.717, 1.165) is 65.7 Å². The Balaban J connectivity index is -0.0000000621. The molecule has 0 aliphatic heterocycles. The zero-order valence-electron chi connectivity index (χ0n) is 34.9. The van der Waals surface area contributed by atoms with E-state index in [-0.39, 0.29) is 6.04 Å². The Morgan fingerprint density at radius 2 is 0.654 bits per heavy atom. The van der Waals surface area contributed by atoms with E-state index < -0.39 is 35.0 Å². The summed E-state index contributed by atoms with van der Waals surface area (Å²) < 4.78 is 41.1. The van der Waals surface area contributed by atoms with Gasteiger partial charge < -0.3 is 98.0 Å². The lowest BCUT2D eigenvalue weighted by atomic mass is 10.5. The molecule has 24 heteroatoms. The molecule has 0 radical (unpaired) electrons. The van der Waals surface area contributed by atoms with Crippen LogP contribution >= 0.6 is 0 Å². The van der Waals surface area contributed by atoms with E-state index in [0.29, 0.717) is 38.6 Å². The predicted octanol–water partition coefficient (Wildman–Crippen LogP) is -1.63. The van der Waals surface area contributed by atoms with Crippen LogP contribution in [0.1, 0.15) is 46.0 Å². The summed E-state index contributed by atoms with van der Waals surface area (Å²) in [5.41, 5.74) is 21.0. The standard InChI is InChI=1S/2C6H17NO3Si.C6H15NO3Si.C3H11NO3Si.C3H8.4CH4O/c2*1-8-11(9-2,10-3)6-4-5-7;1-9-11(6-8,10-2)5-3-4-7;4-2-1-3-8(5,6)7;1-3-2;4*1-2/h2*4-7H2,1-3H3;6H,3-5,7H2,1-2H3;5-7H,1-4H2;3H2,1-2H3;4*2H,1H3. The van der Waals surface area contributed by atoms with Gasteiger partial charge in [-0.3, -0.25) is 0 Å². The molecule has 0 amide bonds. The quantitative estimate of drug-likeness (QED) is 0.0456. The smallest absolute Gasteiger partial charge is 0.400 e.